The summed E-state index contributed by atoms with van der Waals surface area (Å²) < 4.78 is 12.5. The number of ether oxygens (including phenoxy) is 2. The summed E-state index contributed by atoms with van der Waals surface area (Å²) in [6.07, 6.45) is 1.71. The van der Waals surface area contributed by atoms with Crippen LogP contribution < -0.4 is 5.73 Å². The van der Waals surface area contributed by atoms with Crippen molar-refractivity contribution in [2.75, 3.05) is 13.7 Å². The fourth-order valence-electron chi connectivity index (χ4n) is 1.65. The summed E-state index contributed by atoms with van der Waals surface area (Å²) in [7, 11) is 1.73. The molecule has 0 saturated carbocycles. The average Bonchev–Trinajstić information content (AvgIpc) is 2.80. The molecule has 0 bridgehead atoms. The molecule has 0 fully saturated rings. The second kappa shape index (κ2) is 7.74. The molecule has 1 heterocycles. The lowest BCUT2D eigenvalue weighted by molar-refractivity contribution is -0.0324. The second-order valence-electron chi connectivity index (χ2n) is 5.22. The van der Waals surface area contributed by atoms with E-state index in [4.69, 9.17) is 15.2 Å². The third-order valence-electron chi connectivity index (χ3n) is 3.29. The fraction of sp³-hybridized carbons (Fsp3) is 0.714. The van der Waals surface area contributed by atoms with E-state index in [2.05, 4.69) is 42.8 Å². The van der Waals surface area contributed by atoms with Gasteiger partial charge in [0.05, 0.1) is 16.0 Å². The van der Waals surface area contributed by atoms with Gasteiger partial charge >= 0.3 is 0 Å². The summed E-state index contributed by atoms with van der Waals surface area (Å²) in [6.45, 7) is 6.86. The van der Waals surface area contributed by atoms with Crippen molar-refractivity contribution >= 4 is 27.3 Å². The molecule has 0 radical (unpaired) electrons. The number of thiophene rings is 1. The minimum Gasteiger partial charge on any atom is -0.379 e. The molecule has 1 aromatic heterocycles. The first-order valence-electron chi connectivity index (χ1n) is 6.57. The van der Waals surface area contributed by atoms with Crippen LogP contribution in [0.5, 0.6) is 0 Å². The molecular formula is C14H24BrNO2S. The van der Waals surface area contributed by atoms with Crippen LogP contribution in [0.4, 0.5) is 0 Å². The summed E-state index contributed by atoms with van der Waals surface area (Å²) in [5.41, 5.74) is 6.02. The Morgan fingerprint density at radius 2 is 2.11 bits per heavy atom. The first-order valence-corrected chi connectivity index (χ1v) is 8.18. The third-order valence-corrected chi connectivity index (χ3v) is 4.97. The molecule has 2 unspecified atom stereocenters. The van der Waals surface area contributed by atoms with Gasteiger partial charge in [0.2, 0.25) is 0 Å². The first kappa shape index (κ1) is 17.1. The zero-order valence-corrected chi connectivity index (χ0v) is 14.5. The Hall–Kier alpha value is 0.0600. The van der Waals surface area contributed by atoms with E-state index in [0.717, 1.165) is 16.6 Å². The average molecular weight is 350 g/mol. The van der Waals surface area contributed by atoms with Crippen LogP contribution in [-0.2, 0) is 9.47 Å². The van der Waals surface area contributed by atoms with Crippen LogP contribution in [0.2, 0.25) is 0 Å². The van der Waals surface area contributed by atoms with Gasteiger partial charge in [0.1, 0.15) is 6.10 Å². The van der Waals surface area contributed by atoms with Gasteiger partial charge in [0.15, 0.2) is 0 Å². The number of halogens is 1. The van der Waals surface area contributed by atoms with Crippen LogP contribution >= 0.6 is 27.3 Å². The van der Waals surface area contributed by atoms with E-state index in [9.17, 15) is 0 Å². The number of hydrogen-bond acceptors (Lipinski definition) is 4. The van der Waals surface area contributed by atoms with Gasteiger partial charge in [-0.2, -0.15) is 0 Å². The lowest BCUT2D eigenvalue weighted by Gasteiger charge is -2.26. The van der Waals surface area contributed by atoms with Crippen molar-refractivity contribution in [3.8, 4) is 0 Å². The predicted octanol–water partition coefficient (Wildman–Crippen LogP) is 4.12. The van der Waals surface area contributed by atoms with Gasteiger partial charge in [0, 0.05) is 18.0 Å². The van der Waals surface area contributed by atoms with Crippen LogP contribution in [0.25, 0.3) is 0 Å². The number of rotatable bonds is 8. The minimum atomic E-state index is -0.156. The molecule has 0 aliphatic carbocycles. The van der Waals surface area contributed by atoms with Gasteiger partial charge in [-0.15, -0.1) is 11.3 Å². The summed E-state index contributed by atoms with van der Waals surface area (Å²) >= 11 is 5.17. The molecule has 3 nitrogen and oxygen atoms in total. The molecule has 2 atom stereocenters. The smallest absolute Gasteiger partial charge is 0.107 e. The number of nitrogens with two attached hydrogens (primary N) is 1. The molecule has 1 rings (SSSR count). The SMILES string of the molecule is CCC(N)C(OCCC(C)(C)OC)c1ccc(Br)s1. The molecule has 2 N–H and O–H groups in total. The van der Waals surface area contributed by atoms with Gasteiger partial charge in [0.25, 0.3) is 0 Å². The Kier molecular flexibility index (Phi) is 6.97. The third kappa shape index (κ3) is 5.52. The van der Waals surface area contributed by atoms with E-state index in [1.807, 2.05) is 6.07 Å². The molecule has 110 valence electrons. The van der Waals surface area contributed by atoms with Crippen LogP contribution in [0.1, 0.15) is 44.6 Å². The molecule has 0 spiro atoms. The zero-order chi connectivity index (χ0) is 14.5. The van der Waals surface area contributed by atoms with Gasteiger partial charge in [-0.3, -0.25) is 0 Å². The van der Waals surface area contributed by atoms with Gasteiger partial charge < -0.3 is 15.2 Å². The minimum absolute atomic E-state index is 0.0243. The van der Waals surface area contributed by atoms with Crippen molar-refractivity contribution in [1.29, 1.82) is 0 Å². The fourth-order valence-corrected chi connectivity index (χ4v) is 3.19. The number of hydrogen-bond donors (Lipinski definition) is 1. The van der Waals surface area contributed by atoms with E-state index < -0.39 is 0 Å². The molecule has 19 heavy (non-hydrogen) atoms. The van der Waals surface area contributed by atoms with E-state index in [0.29, 0.717) is 6.61 Å². The largest absolute Gasteiger partial charge is 0.379 e. The monoisotopic (exact) mass is 349 g/mol. The van der Waals surface area contributed by atoms with Gasteiger partial charge in [-0.05, 0) is 54.8 Å². The highest BCUT2D eigenvalue weighted by atomic mass is 79.9. The number of methoxy groups -OCH3 is 1. The highest BCUT2D eigenvalue weighted by Crippen LogP contribution is 2.32. The van der Waals surface area contributed by atoms with Crippen molar-refractivity contribution < 1.29 is 9.47 Å². The van der Waals surface area contributed by atoms with Gasteiger partial charge in [-0.25, -0.2) is 0 Å². The predicted molar refractivity (Wildman–Crippen MR) is 84.7 cm³/mol. The van der Waals surface area contributed by atoms with Crippen molar-refractivity contribution in [3.05, 3.63) is 20.8 Å². The van der Waals surface area contributed by atoms with E-state index in [1.54, 1.807) is 18.4 Å². The quantitative estimate of drug-likeness (QED) is 0.767. The van der Waals surface area contributed by atoms with E-state index in [-0.39, 0.29) is 17.7 Å². The molecule has 0 aliphatic heterocycles. The summed E-state index contributed by atoms with van der Waals surface area (Å²) in [6, 6.07) is 4.14. The zero-order valence-electron chi connectivity index (χ0n) is 12.1. The molecular weight excluding hydrogens is 326 g/mol. The van der Waals surface area contributed by atoms with E-state index >= 15 is 0 Å². The Morgan fingerprint density at radius 3 is 2.58 bits per heavy atom. The summed E-state index contributed by atoms with van der Waals surface area (Å²) in [5.74, 6) is 0. The molecule has 5 heteroatoms. The maximum Gasteiger partial charge on any atom is 0.107 e. The maximum absolute atomic E-state index is 6.18. The van der Waals surface area contributed by atoms with E-state index in [1.165, 1.54) is 4.88 Å². The summed E-state index contributed by atoms with van der Waals surface area (Å²) in [4.78, 5) is 1.18. The maximum atomic E-state index is 6.18. The Morgan fingerprint density at radius 1 is 1.42 bits per heavy atom. The second-order valence-corrected chi connectivity index (χ2v) is 7.71. The molecule has 1 aromatic rings. The highest BCUT2D eigenvalue weighted by molar-refractivity contribution is 9.11. The molecule has 0 amide bonds. The lowest BCUT2D eigenvalue weighted by atomic mass is 10.1. The van der Waals surface area contributed by atoms with Crippen molar-refractivity contribution in [1.82, 2.24) is 0 Å². The highest BCUT2D eigenvalue weighted by Gasteiger charge is 2.23. The van der Waals surface area contributed by atoms with Crippen molar-refractivity contribution in [3.63, 3.8) is 0 Å². The standard InChI is InChI=1S/C14H24BrNO2S/c1-5-10(16)13(11-6-7-12(15)19-11)18-9-8-14(2,3)17-4/h6-7,10,13H,5,8-9,16H2,1-4H3. The topological polar surface area (TPSA) is 44.5 Å². The lowest BCUT2D eigenvalue weighted by Crippen LogP contribution is -2.31. The van der Waals surface area contributed by atoms with Gasteiger partial charge in [-0.1, -0.05) is 6.92 Å². The Labute approximate surface area is 128 Å². The van der Waals surface area contributed by atoms with Crippen molar-refractivity contribution in [2.24, 2.45) is 5.73 Å². The Balaban J connectivity index is 2.61. The molecule has 0 saturated heterocycles. The Bertz CT molecular complexity index is 381. The van der Waals surface area contributed by atoms with Crippen LogP contribution in [-0.4, -0.2) is 25.4 Å². The summed E-state index contributed by atoms with van der Waals surface area (Å²) in [5, 5.41) is 0. The normalized spacial score (nSPS) is 15.5. The first-order chi connectivity index (χ1) is 8.89. The van der Waals surface area contributed by atoms with Crippen LogP contribution in [0.15, 0.2) is 15.9 Å². The molecule has 0 aromatic carbocycles. The molecule has 0 aliphatic rings. The van der Waals surface area contributed by atoms with Crippen LogP contribution in [0.3, 0.4) is 0 Å². The van der Waals surface area contributed by atoms with Crippen molar-refractivity contribution in [2.45, 2.75) is 51.4 Å². The van der Waals surface area contributed by atoms with Crippen LogP contribution in [0, 0.1) is 0 Å².